The van der Waals surface area contributed by atoms with Gasteiger partial charge in [0.2, 0.25) is 0 Å². The lowest BCUT2D eigenvalue weighted by Crippen LogP contribution is -1.99. The minimum atomic E-state index is 0.501. The molecule has 0 aliphatic heterocycles. The number of rotatable bonds is 1. The molecule has 0 unspecified atom stereocenters. The number of halogens is 1. The maximum atomic E-state index is 5.88. The maximum Gasteiger partial charge on any atom is 0.131 e. The number of hydrogen-bond donors (Lipinski definition) is 0. The Kier molecular flexibility index (Phi) is 2.49. The van der Waals surface area contributed by atoms with Crippen molar-refractivity contribution in [3.63, 3.8) is 0 Å². The fraction of sp³-hybridized carbons (Fsp3) is 0.273. The number of imidazole rings is 1. The Labute approximate surface area is 93.7 Å². The lowest BCUT2D eigenvalue weighted by atomic mass is 10.2. The highest BCUT2D eigenvalue weighted by atomic mass is 35.5. The predicted octanol–water partition coefficient (Wildman–Crippen LogP) is 2.85. The standard InChI is InChI=1S/C11H12ClN3/c1-7-5-13-11(12)4-10(7)15-6-14-8(2)9(15)3/h4-6H,1-3H3. The van der Waals surface area contributed by atoms with Gasteiger partial charge in [0.1, 0.15) is 5.15 Å². The molecule has 0 radical (unpaired) electrons. The quantitative estimate of drug-likeness (QED) is 0.694. The van der Waals surface area contributed by atoms with Crippen molar-refractivity contribution in [2.24, 2.45) is 0 Å². The van der Waals surface area contributed by atoms with Crippen LogP contribution in [0.25, 0.3) is 5.69 Å². The van der Waals surface area contributed by atoms with Crippen LogP contribution in [0.15, 0.2) is 18.6 Å². The first-order valence-corrected chi connectivity index (χ1v) is 5.10. The summed E-state index contributed by atoms with van der Waals surface area (Å²) in [5, 5.41) is 0.501. The first-order chi connectivity index (χ1) is 7.09. The molecule has 0 N–H and O–H groups in total. The van der Waals surface area contributed by atoms with Crippen molar-refractivity contribution in [1.82, 2.24) is 14.5 Å². The topological polar surface area (TPSA) is 30.7 Å². The molecule has 78 valence electrons. The largest absolute Gasteiger partial charge is 0.303 e. The molecule has 3 nitrogen and oxygen atoms in total. The Balaban J connectivity index is 2.63. The first kappa shape index (κ1) is 10.2. The van der Waals surface area contributed by atoms with E-state index in [1.165, 1.54) is 0 Å². The van der Waals surface area contributed by atoms with Gasteiger partial charge in [0, 0.05) is 11.9 Å². The van der Waals surface area contributed by atoms with Crippen LogP contribution in [0.2, 0.25) is 5.15 Å². The average molecular weight is 222 g/mol. The van der Waals surface area contributed by atoms with Crippen molar-refractivity contribution < 1.29 is 0 Å². The lowest BCUT2D eigenvalue weighted by molar-refractivity contribution is 0.980. The molecule has 0 bridgehead atoms. The van der Waals surface area contributed by atoms with E-state index in [2.05, 4.69) is 9.97 Å². The van der Waals surface area contributed by atoms with Crippen LogP contribution in [0.1, 0.15) is 17.0 Å². The van der Waals surface area contributed by atoms with E-state index in [0.29, 0.717) is 5.15 Å². The summed E-state index contributed by atoms with van der Waals surface area (Å²) in [4.78, 5) is 8.30. The molecule has 0 spiro atoms. The fourth-order valence-electron chi connectivity index (χ4n) is 1.49. The Morgan fingerprint density at radius 3 is 2.53 bits per heavy atom. The molecule has 0 saturated heterocycles. The van der Waals surface area contributed by atoms with Crippen LogP contribution < -0.4 is 0 Å². The summed E-state index contributed by atoms with van der Waals surface area (Å²) < 4.78 is 2.03. The lowest BCUT2D eigenvalue weighted by Gasteiger charge is -2.08. The van der Waals surface area contributed by atoms with Gasteiger partial charge in [0.05, 0.1) is 17.7 Å². The van der Waals surface area contributed by atoms with Crippen molar-refractivity contribution in [3.8, 4) is 5.69 Å². The third-order valence-electron chi connectivity index (χ3n) is 2.55. The third-order valence-corrected chi connectivity index (χ3v) is 2.76. The summed E-state index contributed by atoms with van der Waals surface area (Å²) in [6.45, 7) is 6.04. The number of aromatic nitrogens is 3. The summed E-state index contributed by atoms with van der Waals surface area (Å²) >= 11 is 5.88. The molecule has 2 heterocycles. The maximum absolute atomic E-state index is 5.88. The predicted molar refractivity (Wildman–Crippen MR) is 60.6 cm³/mol. The molecule has 4 heteroatoms. The molecular formula is C11H12ClN3. The van der Waals surface area contributed by atoms with E-state index in [4.69, 9.17) is 11.6 Å². The minimum Gasteiger partial charge on any atom is -0.303 e. The second-order valence-corrected chi connectivity index (χ2v) is 3.97. The molecular weight excluding hydrogens is 210 g/mol. The van der Waals surface area contributed by atoms with E-state index in [1.54, 1.807) is 6.20 Å². The number of pyridine rings is 1. The molecule has 0 fully saturated rings. The third kappa shape index (κ3) is 1.75. The SMILES string of the molecule is Cc1cnc(Cl)cc1-n1cnc(C)c1C. The summed E-state index contributed by atoms with van der Waals surface area (Å²) in [5.41, 5.74) is 4.27. The van der Waals surface area contributed by atoms with Crippen LogP contribution in [-0.2, 0) is 0 Å². The molecule has 2 aromatic rings. The molecule has 0 amide bonds. The Morgan fingerprint density at radius 2 is 1.93 bits per heavy atom. The molecule has 0 aliphatic rings. The molecule has 0 atom stereocenters. The van der Waals surface area contributed by atoms with E-state index < -0.39 is 0 Å². The van der Waals surface area contributed by atoms with Gasteiger partial charge in [-0.15, -0.1) is 0 Å². The van der Waals surface area contributed by atoms with Crippen LogP contribution in [0, 0.1) is 20.8 Å². The van der Waals surface area contributed by atoms with Crippen LogP contribution in [0.3, 0.4) is 0 Å². The van der Waals surface area contributed by atoms with E-state index in [9.17, 15) is 0 Å². The van der Waals surface area contributed by atoms with E-state index in [1.807, 2.05) is 37.7 Å². The van der Waals surface area contributed by atoms with Gasteiger partial charge >= 0.3 is 0 Å². The molecule has 0 saturated carbocycles. The first-order valence-electron chi connectivity index (χ1n) is 4.72. The van der Waals surface area contributed by atoms with Gasteiger partial charge in [-0.2, -0.15) is 0 Å². The van der Waals surface area contributed by atoms with Crippen molar-refractivity contribution in [1.29, 1.82) is 0 Å². The second-order valence-electron chi connectivity index (χ2n) is 3.58. The zero-order valence-electron chi connectivity index (χ0n) is 8.95. The highest BCUT2D eigenvalue weighted by Crippen LogP contribution is 2.19. The Morgan fingerprint density at radius 1 is 1.20 bits per heavy atom. The van der Waals surface area contributed by atoms with E-state index in [0.717, 1.165) is 22.6 Å². The smallest absolute Gasteiger partial charge is 0.131 e. The zero-order chi connectivity index (χ0) is 11.0. The Bertz CT molecular complexity index is 503. The highest BCUT2D eigenvalue weighted by Gasteiger charge is 2.07. The Hall–Kier alpha value is -1.35. The van der Waals surface area contributed by atoms with Crippen molar-refractivity contribution in [2.75, 3.05) is 0 Å². The number of aryl methyl sites for hydroxylation is 2. The highest BCUT2D eigenvalue weighted by molar-refractivity contribution is 6.29. The summed E-state index contributed by atoms with van der Waals surface area (Å²) in [6, 6.07) is 1.85. The minimum absolute atomic E-state index is 0.501. The summed E-state index contributed by atoms with van der Waals surface area (Å²) in [6.07, 6.45) is 3.58. The van der Waals surface area contributed by atoms with E-state index in [-0.39, 0.29) is 0 Å². The number of nitrogens with zero attached hydrogens (tertiary/aromatic N) is 3. The van der Waals surface area contributed by atoms with Crippen molar-refractivity contribution in [2.45, 2.75) is 20.8 Å². The van der Waals surface area contributed by atoms with Gasteiger partial charge < -0.3 is 4.57 Å². The van der Waals surface area contributed by atoms with Crippen LogP contribution in [0.4, 0.5) is 0 Å². The van der Waals surface area contributed by atoms with Crippen molar-refractivity contribution in [3.05, 3.63) is 40.7 Å². The van der Waals surface area contributed by atoms with Crippen LogP contribution in [-0.4, -0.2) is 14.5 Å². The van der Waals surface area contributed by atoms with Gasteiger partial charge in [-0.05, 0) is 32.4 Å². The zero-order valence-corrected chi connectivity index (χ0v) is 9.71. The van der Waals surface area contributed by atoms with Crippen molar-refractivity contribution >= 4 is 11.6 Å². The summed E-state index contributed by atoms with van der Waals surface area (Å²) in [5.74, 6) is 0. The van der Waals surface area contributed by atoms with Gasteiger partial charge in [-0.3, -0.25) is 0 Å². The molecule has 15 heavy (non-hydrogen) atoms. The normalized spacial score (nSPS) is 10.7. The average Bonchev–Trinajstić information content (AvgIpc) is 2.52. The fourth-order valence-corrected chi connectivity index (χ4v) is 1.64. The molecule has 2 rings (SSSR count). The molecule has 2 aromatic heterocycles. The second kappa shape index (κ2) is 3.66. The molecule has 0 aliphatic carbocycles. The van der Waals surface area contributed by atoms with Gasteiger partial charge in [-0.25, -0.2) is 9.97 Å². The van der Waals surface area contributed by atoms with Gasteiger partial charge in [0.15, 0.2) is 0 Å². The summed E-state index contributed by atoms with van der Waals surface area (Å²) in [7, 11) is 0. The monoisotopic (exact) mass is 221 g/mol. The van der Waals surface area contributed by atoms with Crippen LogP contribution >= 0.6 is 11.6 Å². The number of hydrogen-bond acceptors (Lipinski definition) is 2. The van der Waals surface area contributed by atoms with Gasteiger partial charge in [-0.1, -0.05) is 11.6 Å². The molecule has 0 aromatic carbocycles. The van der Waals surface area contributed by atoms with E-state index >= 15 is 0 Å². The van der Waals surface area contributed by atoms with Crippen LogP contribution in [0.5, 0.6) is 0 Å². The van der Waals surface area contributed by atoms with Gasteiger partial charge in [0.25, 0.3) is 0 Å².